The second kappa shape index (κ2) is 6.49. The van der Waals surface area contributed by atoms with Gasteiger partial charge in [-0.2, -0.15) is 0 Å². The molecule has 0 saturated carbocycles. The van der Waals surface area contributed by atoms with Gasteiger partial charge in [-0.1, -0.05) is 0 Å². The number of hydrogen-bond donors (Lipinski definition) is 4. The van der Waals surface area contributed by atoms with Crippen molar-refractivity contribution in [2.45, 2.75) is 12.5 Å². The number of nitro benzene ring substituents is 1. The molecule has 0 fully saturated rings. The van der Waals surface area contributed by atoms with Crippen molar-refractivity contribution in [1.29, 1.82) is 0 Å². The quantitative estimate of drug-likeness (QED) is 0.335. The summed E-state index contributed by atoms with van der Waals surface area (Å²) >= 11 is 0. The Morgan fingerprint density at radius 2 is 1.91 bits per heavy atom. The van der Waals surface area contributed by atoms with Crippen LogP contribution in [-0.2, 0) is 4.79 Å². The number of benzene rings is 1. The number of non-ortho nitro benzene ring substituents is 1. The fourth-order valence-electron chi connectivity index (χ4n) is 1.93. The number of fused-ring (bicyclic) bond motifs is 1. The molecule has 1 aromatic heterocycles. The lowest BCUT2D eigenvalue weighted by atomic mass is 10.0. The van der Waals surface area contributed by atoms with E-state index >= 15 is 0 Å². The van der Waals surface area contributed by atoms with Crippen molar-refractivity contribution < 1.29 is 14.8 Å². The molecule has 0 spiro atoms. The zero-order chi connectivity index (χ0) is 15.7. The molecule has 1 unspecified atom stereocenters. The van der Waals surface area contributed by atoms with Crippen LogP contribution in [0.5, 0.6) is 0 Å². The average Bonchev–Trinajstić information content (AvgIpc) is 2.38. The minimum atomic E-state index is -1.20. The van der Waals surface area contributed by atoms with Crippen molar-refractivity contribution in [1.82, 2.24) is 9.97 Å². The first-order chi connectivity index (χ1) is 9.79. The van der Waals surface area contributed by atoms with Crippen LogP contribution >= 0.6 is 17.0 Å². The van der Waals surface area contributed by atoms with Gasteiger partial charge in [0.05, 0.1) is 22.4 Å². The van der Waals surface area contributed by atoms with Crippen LogP contribution < -0.4 is 16.9 Å². The van der Waals surface area contributed by atoms with Crippen LogP contribution in [0.4, 0.5) is 5.69 Å². The third-order valence-corrected chi connectivity index (χ3v) is 2.85. The van der Waals surface area contributed by atoms with E-state index in [1.165, 1.54) is 0 Å². The summed E-state index contributed by atoms with van der Waals surface area (Å²) in [6.45, 7) is 0. The van der Waals surface area contributed by atoms with E-state index in [4.69, 9.17) is 10.8 Å². The zero-order valence-electron chi connectivity index (χ0n) is 10.9. The van der Waals surface area contributed by atoms with E-state index in [0.29, 0.717) is 0 Å². The SMILES string of the molecule is Br.NC(CC(=O)O)c1cc([N+](=O)[O-])cc2[nH]c(=O)c(=O)[nH]c12. The molecule has 2 rings (SSSR count). The molecule has 1 heterocycles. The molecular formula is C11H11BrN4O6. The van der Waals surface area contributed by atoms with Crippen molar-refractivity contribution in [2.75, 3.05) is 0 Å². The van der Waals surface area contributed by atoms with E-state index < -0.39 is 34.5 Å². The molecule has 22 heavy (non-hydrogen) atoms. The summed E-state index contributed by atoms with van der Waals surface area (Å²) in [5, 5.41) is 19.6. The van der Waals surface area contributed by atoms with Gasteiger partial charge in [0.1, 0.15) is 0 Å². The van der Waals surface area contributed by atoms with Crippen LogP contribution in [0.2, 0.25) is 0 Å². The lowest BCUT2D eigenvalue weighted by Crippen LogP contribution is -2.30. The fraction of sp³-hybridized carbons (Fsp3) is 0.182. The molecule has 0 aliphatic rings. The highest BCUT2D eigenvalue weighted by Gasteiger charge is 2.20. The third-order valence-electron chi connectivity index (χ3n) is 2.85. The summed E-state index contributed by atoms with van der Waals surface area (Å²) in [7, 11) is 0. The number of nitrogens with one attached hydrogen (secondary N) is 2. The maximum absolute atomic E-state index is 11.4. The van der Waals surface area contributed by atoms with E-state index in [2.05, 4.69) is 9.97 Å². The highest BCUT2D eigenvalue weighted by atomic mass is 79.9. The van der Waals surface area contributed by atoms with Gasteiger partial charge >= 0.3 is 17.1 Å². The molecule has 1 atom stereocenters. The van der Waals surface area contributed by atoms with E-state index in [1.54, 1.807) is 0 Å². The van der Waals surface area contributed by atoms with Crippen molar-refractivity contribution >= 4 is 39.7 Å². The topological polar surface area (TPSA) is 172 Å². The fourth-order valence-corrected chi connectivity index (χ4v) is 1.93. The van der Waals surface area contributed by atoms with Gasteiger partial charge in [-0.15, -0.1) is 17.0 Å². The number of aromatic nitrogens is 2. The van der Waals surface area contributed by atoms with Crippen molar-refractivity contribution in [3.63, 3.8) is 0 Å². The maximum atomic E-state index is 11.4. The van der Waals surface area contributed by atoms with Gasteiger partial charge in [0.2, 0.25) is 0 Å². The normalized spacial score (nSPS) is 11.7. The minimum absolute atomic E-state index is 0. The lowest BCUT2D eigenvalue weighted by Gasteiger charge is -2.12. The number of carboxylic acids is 1. The zero-order valence-corrected chi connectivity index (χ0v) is 12.6. The Hall–Kier alpha value is -2.53. The molecule has 11 heteroatoms. The molecule has 0 bridgehead atoms. The molecule has 0 saturated heterocycles. The molecule has 2 aromatic rings. The Kier molecular flexibility index (Phi) is 5.17. The van der Waals surface area contributed by atoms with Gasteiger partial charge in [0, 0.05) is 23.7 Å². The van der Waals surface area contributed by atoms with Crippen molar-refractivity contribution in [2.24, 2.45) is 5.73 Å². The van der Waals surface area contributed by atoms with E-state index in [9.17, 15) is 24.5 Å². The number of rotatable bonds is 4. The van der Waals surface area contributed by atoms with Crippen molar-refractivity contribution in [3.05, 3.63) is 48.5 Å². The molecule has 0 aliphatic heterocycles. The molecule has 5 N–H and O–H groups in total. The molecule has 0 radical (unpaired) electrons. The summed E-state index contributed by atoms with van der Waals surface area (Å²) in [4.78, 5) is 48.0. The lowest BCUT2D eigenvalue weighted by molar-refractivity contribution is -0.384. The second-order valence-electron chi connectivity index (χ2n) is 4.33. The molecule has 118 valence electrons. The molecular weight excluding hydrogens is 364 g/mol. The monoisotopic (exact) mass is 374 g/mol. The largest absolute Gasteiger partial charge is 0.481 e. The first-order valence-corrected chi connectivity index (χ1v) is 5.71. The van der Waals surface area contributed by atoms with Gasteiger partial charge in [-0.3, -0.25) is 24.5 Å². The predicted octanol–water partition coefficient (Wildman–Crippen LogP) is 0.177. The van der Waals surface area contributed by atoms with Gasteiger partial charge in [0.15, 0.2) is 0 Å². The first kappa shape index (κ1) is 17.5. The number of aromatic amines is 2. The highest BCUT2D eigenvalue weighted by Crippen LogP contribution is 2.26. The maximum Gasteiger partial charge on any atom is 0.314 e. The third kappa shape index (κ3) is 3.38. The summed E-state index contributed by atoms with van der Waals surface area (Å²) < 4.78 is 0. The van der Waals surface area contributed by atoms with Gasteiger partial charge in [-0.05, 0) is 0 Å². The molecule has 1 aromatic carbocycles. The first-order valence-electron chi connectivity index (χ1n) is 5.71. The van der Waals surface area contributed by atoms with Gasteiger partial charge in [-0.25, -0.2) is 0 Å². The average molecular weight is 375 g/mol. The summed E-state index contributed by atoms with van der Waals surface area (Å²) in [6.07, 6.45) is -0.489. The standard InChI is InChI=1S/C11H10N4O6.BrH/c12-6(3-8(16)17)5-1-4(15(20)21)2-7-9(5)14-11(19)10(18)13-7;/h1-2,6H,3,12H2,(H,13,18)(H,14,19)(H,16,17);1H. The van der Waals surface area contributed by atoms with E-state index in [-0.39, 0.29) is 39.3 Å². The van der Waals surface area contributed by atoms with Crippen LogP contribution in [0.1, 0.15) is 18.0 Å². The number of carbonyl (C=O) groups is 1. The molecule has 10 nitrogen and oxygen atoms in total. The minimum Gasteiger partial charge on any atom is -0.481 e. The Balaban J connectivity index is 0.00000242. The predicted molar refractivity (Wildman–Crippen MR) is 81.3 cm³/mol. The smallest absolute Gasteiger partial charge is 0.314 e. The summed E-state index contributed by atoms with van der Waals surface area (Å²) in [5.74, 6) is -1.20. The number of nitrogens with two attached hydrogens (primary N) is 1. The number of hydrogen-bond acceptors (Lipinski definition) is 6. The van der Waals surface area contributed by atoms with E-state index in [1.807, 2.05) is 0 Å². The van der Waals surface area contributed by atoms with Crippen LogP contribution in [0, 0.1) is 10.1 Å². The summed E-state index contributed by atoms with van der Waals surface area (Å²) in [5.41, 5.74) is 3.54. The number of nitro groups is 1. The van der Waals surface area contributed by atoms with Gasteiger partial charge in [0.25, 0.3) is 5.69 Å². The van der Waals surface area contributed by atoms with Crippen LogP contribution in [0.25, 0.3) is 11.0 Å². The highest BCUT2D eigenvalue weighted by molar-refractivity contribution is 8.93. The van der Waals surface area contributed by atoms with Gasteiger partial charge < -0.3 is 20.8 Å². The molecule has 0 aliphatic carbocycles. The van der Waals surface area contributed by atoms with Crippen LogP contribution in [0.3, 0.4) is 0 Å². The Labute approximate surface area is 131 Å². The number of H-pyrrole nitrogens is 2. The number of nitrogens with zero attached hydrogens (tertiary/aromatic N) is 1. The number of aliphatic carboxylic acids is 1. The Morgan fingerprint density at radius 3 is 2.45 bits per heavy atom. The number of halogens is 1. The van der Waals surface area contributed by atoms with Crippen LogP contribution in [-0.4, -0.2) is 26.0 Å². The number of carboxylic acid groups (broad SMARTS) is 1. The van der Waals surface area contributed by atoms with E-state index in [0.717, 1.165) is 12.1 Å². The van der Waals surface area contributed by atoms with Crippen molar-refractivity contribution in [3.8, 4) is 0 Å². The second-order valence-corrected chi connectivity index (χ2v) is 4.33. The Bertz CT molecular complexity index is 858. The van der Waals surface area contributed by atoms with Crippen LogP contribution in [0.15, 0.2) is 21.7 Å². The Morgan fingerprint density at radius 1 is 1.32 bits per heavy atom. The summed E-state index contributed by atoms with van der Waals surface area (Å²) in [6, 6.07) is 1.06. The molecule has 0 amide bonds.